The van der Waals surface area contributed by atoms with Crippen molar-refractivity contribution in [1.29, 1.82) is 0 Å². The van der Waals surface area contributed by atoms with Gasteiger partial charge in [0.15, 0.2) is 0 Å². The van der Waals surface area contributed by atoms with E-state index in [4.69, 9.17) is 10.5 Å². The van der Waals surface area contributed by atoms with E-state index in [2.05, 4.69) is 15.9 Å². The second-order valence-electron chi connectivity index (χ2n) is 1.91. The minimum atomic E-state index is -5.46. The van der Waals surface area contributed by atoms with Gasteiger partial charge in [-0.05, 0) is 0 Å². The third kappa shape index (κ3) is 20.4. The van der Waals surface area contributed by atoms with Crippen LogP contribution in [0.2, 0.25) is 0 Å². The first-order chi connectivity index (χ1) is 8.54. The maximum absolute atomic E-state index is 9.68. The molecule has 0 heterocycles. The molecule has 0 aromatic heterocycles. The van der Waals surface area contributed by atoms with Crippen molar-refractivity contribution >= 4 is 68.9 Å². The van der Waals surface area contributed by atoms with E-state index in [1.54, 1.807) is 0 Å². The third-order valence-electron chi connectivity index (χ3n) is 0.500. The zero-order valence-electron chi connectivity index (χ0n) is 8.66. The molecular weight excluding hydrogens is 591 g/mol. The van der Waals surface area contributed by atoms with Gasteiger partial charge in [0.2, 0.25) is 20.8 Å². The van der Waals surface area contributed by atoms with Crippen LogP contribution in [0.25, 0.3) is 0 Å². The molecule has 0 amide bonds. The van der Waals surface area contributed by atoms with Crippen LogP contribution in [0.15, 0.2) is 0 Å². The topological polar surface area (TPSA) is 266 Å². The van der Waals surface area contributed by atoms with Gasteiger partial charge in [-0.15, -0.1) is 7.26 Å². The minimum absolute atomic E-state index is 0. The Bertz CT molecular complexity index is 620. The molecule has 0 aliphatic rings. The molecule has 0 aromatic rings. The van der Waals surface area contributed by atoms with Crippen molar-refractivity contribution in [1.82, 2.24) is 0 Å². The van der Waals surface area contributed by atoms with Crippen molar-refractivity contribution in [3.05, 3.63) is 0 Å². The van der Waals surface area contributed by atoms with E-state index in [9.17, 15) is 42.8 Å². The van der Waals surface area contributed by atoms with Crippen molar-refractivity contribution in [3.8, 4) is 0 Å². The van der Waals surface area contributed by atoms with E-state index in [0.717, 1.165) is 0 Å². The Balaban J connectivity index is -0.000000295. The zero-order chi connectivity index (χ0) is 16.8. The van der Waals surface area contributed by atoms with Gasteiger partial charge in [-0.2, -0.15) is 16.8 Å². The Hall–Kier alpha value is 0.402. The van der Waals surface area contributed by atoms with E-state index in [1.807, 2.05) is 0 Å². The van der Waals surface area contributed by atoms with Gasteiger partial charge in [-0.25, -0.2) is 16.8 Å². The predicted octanol–water partition coefficient (Wildman–Crippen LogP) is -6.38. The quantitative estimate of drug-likeness (QED) is 0.0913. The van der Waals surface area contributed by atoms with E-state index >= 15 is 0 Å². The Labute approximate surface area is 137 Å². The average Bonchev–Trinajstić information content (AvgIpc) is 2.11. The summed E-state index contributed by atoms with van der Waals surface area (Å²) in [6, 6.07) is 0. The molecule has 0 saturated heterocycles. The molecule has 0 atom stereocenters. The zero-order valence-corrected chi connectivity index (χ0v) is 15.8. The average molecular weight is 591 g/mol. The van der Waals surface area contributed by atoms with Crippen LogP contribution in [0.1, 0.15) is 0 Å². The molecule has 21 heteroatoms. The molecule has 0 spiro atoms. The second kappa shape index (κ2) is 9.52. The van der Waals surface area contributed by atoms with E-state index in [-0.39, 0.29) is 27.3 Å². The maximum atomic E-state index is 9.68. The summed E-state index contributed by atoms with van der Waals surface area (Å²) in [6.45, 7) is 0. The second-order valence-corrected chi connectivity index (χ2v) is 6.53. The molecule has 4 radical (unpaired) electrons. The number of hydrogen-bond donors (Lipinski definition) is 0. The fraction of sp³-hybridized carbons (Fsp3) is 0. The molecule has 16 nitrogen and oxygen atoms in total. The Kier molecular flexibility index (Phi) is 11.9. The minimum Gasteiger partial charge on any atom is -0.725 e. The summed E-state index contributed by atoms with van der Waals surface area (Å²) in [6.07, 6.45) is 0. The van der Waals surface area contributed by atoms with Crippen LogP contribution in [0, 0.1) is 0 Å². The molecule has 0 aromatic carbocycles. The molecule has 0 aliphatic heterocycles. The van der Waals surface area contributed by atoms with Crippen LogP contribution in [0.5, 0.6) is 0 Å². The normalized spacial score (nSPS) is 12.8. The monoisotopic (exact) mass is 592 g/mol. The van der Waals surface area contributed by atoms with Gasteiger partial charge in [0.1, 0.15) is 0 Å². The first kappa shape index (κ1) is 26.3. The summed E-state index contributed by atoms with van der Waals surface area (Å²) in [5, 5.41) is 18.0. The van der Waals surface area contributed by atoms with E-state index < -0.39 is 41.6 Å². The molecule has 21 heavy (non-hydrogen) atoms. The molecule has 0 aliphatic carbocycles. The predicted molar refractivity (Wildman–Crippen MR) is 47.3 cm³/mol. The van der Waals surface area contributed by atoms with E-state index in [1.165, 1.54) is 0 Å². The molecule has 0 bridgehead atoms. The Morgan fingerprint density at radius 2 is 0.762 bits per heavy atom. The van der Waals surface area contributed by atoms with Crippen LogP contribution in [-0.4, -0.2) is 70.1 Å². The molecule has 0 fully saturated rings. The molecule has 0 rings (SSSR count). The number of hydrogen-bond acceptors (Lipinski definition) is 16. The largest absolute Gasteiger partial charge is 0.725 e. The fourth-order valence-electron chi connectivity index (χ4n) is 0.227. The third-order valence-corrected chi connectivity index (χ3v) is 3.50. The SMILES string of the molecule is O=S(=O)([O-])OS(=O)(=O)O[O-].O=S(=O)([O-])OS(=O)(=O)O[O-].[Pb]. The summed E-state index contributed by atoms with van der Waals surface area (Å²) in [5.74, 6) is 0. The van der Waals surface area contributed by atoms with Gasteiger partial charge in [0.25, 0.3) is 0 Å². The van der Waals surface area contributed by atoms with Crippen LogP contribution in [0.3, 0.4) is 0 Å². The van der Waals surface area contributed by atoms with Gasteiger partial charge in [-0.3, -0.25) is 0 Å². The number of rotatable bonds is 6. The Morgan fingerprint density at radius 1 is 0.571 bits per heavy atom. The van der Waals surface area contributed by atoms with Crippen molar-refractivity contribution < 1.29 is 69.2 Å². The van der Waals surface area contributed by atoms with Crippen molar-refractivity contribution in [2.45, 2.75) is 0 Å². The summed E-state index contributed by atoms with van der Waals surface area (Å²) in [4.78, 5) is 0. The standard InChI is InChI=1S/2H2O8S2.Pb/c2*1-7-10(5,6)8-9(2,3)4;/h2*1H,(H,2,3,4);/p-4. The van der Waals surface area contributed by atoms with Gasteiger partial charge in [0.05, 0.1) is 0 Å². The van der Waals surface area contributed by atoms with Crippen molar-refractivity contribution in [3.63, 3.8) is 0 Å². The molecule has 0 N–H and O–H groups in total. The summed E-state index contributed by atoms with van der Waals surface area (Å²) in [5.41, 5.74) is 0. The van der Waals surface area contributed by atoms with E-state index in [0.29, 0.717) is 0 Å². The molecule has 128 valence electrons. The summed E-state index contributed by atoms with van der Waals surface area (Å²) in [7, 11) is -21.4. The van der Waals surface area contributed by atoms with Crippen LogP contribution in [-0.2, 0) is 57.5 Å². The van der Waals surface area contributed by atoms with Crippen LogP contribution >= 0.6 is 0 Å². The molecule has 0 saturated carbocycles. The Morgan fingerprint density at radius 3 is 0.810 bits per heavy atom. The first-order valence-corrected chi connectivity index (χ1v) is 8.33. The van der Waals surface area contributed by atoms with Crippen molar-refractivity contribution in [2.75, 3.05) is 0 Å². The fourth-order valence-corrected chi connectivity index (χ4v) is 2.04. The maximum Gasteiger partial charge on any atom is 0.405 e. The van der Waals surface area contributed by atoms with Crippen LogP contribution < -0.4 is 10.5 Å². The van der Waals surface area contributed by atoms with Gasteiger partial charge in [0, 0.05) is 27.3 Å². The molecular formula is O16PbS4-4. The summed E-state index contributed by atoms with van der Waals surface area (Å²) >= 11 is 0. The summed E-state index contributed by atoms with van der Waals surface area (Å²) < 4.78 is 105. The van der Waals surface area contributed by atoms with Crippen molar-refractivity contribution in [2.24, 2.45) is 0 Å². The smallest absolute Gasteiger partial charge is 0.405 e. The molecule has 0 unspecified atom stereocenters. The van der Waals surface area contributed by atoms with Crippen LogP contribution in [0.4, 0.5) is 0 Å². The van der Waals surface area contributed by atoms with Gasteiger partial charge < -0.3 is 28.3 Å². The van der Waals surface area contributed by atoms with Gasteiger partial charge >= 0.3 is 20.8 Å². The first-order valence-electron chi connectivity index (χ1n) is 3.00. The van der Waals surface area contributed by atoms with Gasteiger partial charge in [-0.1, -0.05) is 0 Å².